The minimum absolute atomic E-state index is 0.0286. The maximum Gasteiger partial charge on any atom is 0.0709 e. The number of nitrogens with zero attached hydrogens (tertiary/aromatic N) is 2. The maximum absolute atomic E-state index is 6.18. The molecule has 94 valence electrons. The summed E-state index contributed by atoms with van der Waals surface area (Å²) in [5, 5.41) is 4.29. The van der Waals surface area contributed by atoms with Crippen LogP contribution < -0.4 is 5.73 Å². The molecule has 2 rings (SSSR count). The van der Waals surface area contributed by atoms with Crippen LogP contribution >= 0.6 is 0 Å². The summed E-state index contributed by atoms with van der Waals surface area (Å²) in [7, 11) is 0. The highest BCUT2D eigenvalue weighted by Crippen LogP contribution is 2.19. The highest BCUT2D eigenvalue weighted by molar-refractivity contribution is 5.54. The van der Waals surface area contributed by atoms with Crippen molar-refractivity contribution in [2.75, 3.05) is 0 Å². The highest BCUT2D eigenvalue weighted by atomic mass is 15.2. The van der Waals surface area contributed by atoms with E-state index < -0.39 is 0 Å². The molecule has 3 nitrogen and oxygen atoms in total. The Kier molecular flexibility index (Phi) is 3.40. The fourth-order valence-corrected chi connectivity index (χ4v) is 1.78. The van der Waals surface area contributed by atoms with Crippen molar-refractivity contribution in [3.63, 3.8) is 0 Å². The van der Waals surface area contributed by atoms with Gasteiger partial charge in [-0.25, -0.2) is 4.52 Å². The van der Waals surface area contributed by atoms with Crippen molar-refractivity contribution in [2.45, 2.75) is 33.2 Å². The molecular formula is C15H19N3. The molecule has 0 aliphatic heterocycles. The van der Waals surface area contributed by atoms with E-state index in [9.17, 15) is 0 Å². The van der Waals surface area contributed by atoms with Crippen molar-refractivity contribution in [1.82, 2.24) is 9.61 Å². The van der Waals surface area contributed by atoms with Gasteiger partial charge in [0, 0.05) is 29.6 Å². The van der Waals surface area contributed by atoms with E-state index in [2.05, 4.69) is 37.7 Å². The van der Waals surface area contributed by atoms with E-state index in [1.165, 1.54) is 0 Å². The first-order valence-corrected chi connectivity index (χ1v) is 6.15. The van der Waals surface area contributed by atoms with Crippen molar-refractivity contribution in [1.29, 1.82) is 0 Å². The zero-order valence-electron chi connectivity index (χ0n) is 11.1. The summed E-state index contributed by atoms with van der Waals surface area (Å²) in [4.78, 5) is 0. The molecule has 0 saturated carbocycles. The minimum atomic E-state index is -0.0836. The topological polar surface area (TPSA) is 43.3 Å². The van der Waals surface area contributed by atoms with Crippen LogP contribution in [0.15, 0.2) is 30.6 Å². The van der Waals surface area contributed by atoms with E-state index in [4.69, 9.17) is 5.73 Å². The zero-order chi connectivity index (χ0) is 13.2. The lowest BCUT2D eigenvalue weighted by atomic mass is 9.97. The average molecular weight is 241 g/mol. The van der Waals surface area contributed by atoms with E-state index in [-0.39, 0.29) is 11.5 Å². The summed E-state index contributed by atoms with van der Waals surface area (Å²) in [5.41, 5.74) is 8.32. The van der Waals surface area contributed by atoms with Gasteiger partial charge in [-0.05, 0) is 32.9 Å². The van der Waals surface area contributed by atoms with Gasteiger partial charge in [-0.3, -0.25) is 0 Å². The van der Waals surface area contributed by atoms with Gasteiger partial charge in [-0.2, -0.15) is 5.10 Å². The Morgan fingerprint density at radius 1 is 1.39 bits per heavy atom. The van der Waals surface area contributed by atoms with Crippen molar-refractivity contribution in [3.05, 3.63) is 36.2 Å². The van der Waals surface area contributed by atoms with E-state index in [1.807, 2.05) is 35.1 Å². The molecule has 0 aliphatic rings. The summed E-state index contributed by atoms with van der Waals surface area (Å²) in [6.45, 7) is 6.29. The standard InChI is InChI=1S/C15H19N3/c1-15(2,3)9-6-7-13(16)12-11-17-18-10-5-4-8-14(12)18/h4-5,8,10-11,13H,7,16H2,1-3H3. The summed E-state index contributed by atoms with van der Waals surface area (Å²) in [5.74, 6) is 6.37. The molecule has 0 saturated heterocycles. The third-order valence-corrected chi connectivity index (χ3v) is 2.64. The second-order valence-electron chi connectivity index (χ2n) is 5.49. The smallest absolute Gasteiger partial charge is 0.0709 e. The van der Waals surface area contributed by atoms with Crippen LogP contribution in [0.3, 0.4) is 0 Å². The molecule has 1 unspecified atom stereocenters. The first-order chi connectivity index (χ1) is 8.47. The summed E-state index contributed by atoms with van der Waals surface area (Å²) < 4.78 is 1.84. The Balaban J connectivity index is 2.18. The number of rotatable bonds is 2. The lowest BCUT2D eigenvalue weighted by molar-refractivity contribution is 0.569. The number of hydrogen-bond donors (Lipinski definition) is 1. The molecule has 0 radical (unpaired) electrons. The van der Waals surface area contributed by atoms with E-state index in [0.29, 0.717) is 6.42 Å². The monoisotopic (exact) mass is 241 g/mol. The molecule has 0 fully saturated rings. The van der Waals surface area contributed by atoms with Crippen LogP contribution in [0.25, 0.3) is 5.52 Å². The van der Waals surface area contributed by atoms with E-state index >= 15 is 0 Å². The van der Waals surface area contributed by atoms with Crippen LogP contribution in [0.1, 0.15) is 38.8 Å². The molecule has 1 atom stereocenters. The second kappa shape index (κ2) is 4.83. The van der Waals surface area contributed by atoms with Crippen molar-refractivity contribution in [2.24, 2.45) is 11.1 Å². The van der Waals surface area contributed by atoms with Crippen LogP contribution in [0.4, 0.5) is 0 Å². The fourth-order valence-electron chi connectivity index (χ4n) is 1.78. The maximum atomic E-state index is 6.18. The van der Waals surface area contributed by atoms with Crippen LogP contribution in [-0.4, -0.2) is 9.61 Å². The van der Waals surface area contributed by atoms with Gasteiger partial charge in [0.2, 0.25) is 0 Å². The summed E-state index contributed by atoms with van der Waals surface area (Å²) in [6.07, 6.45) is 4.42. The number of hydrogen-bond acceptors (Lipinski definition) is 2. The summed E-state index contributed by atoms with van der Waals surface area (Å²) in [6, 6.07) is 5.89. The molecular weight excluding hydrogens is 222 g/mol. The van der Waals surface area contributed by atoms with Crippen LogP contribution in [0, 0.1) is 17.3 Å². The number of aromatic nitrogens is 2. The minimum Gasteiger partial charge on any atom is -0.323 e. The summed E-state index contributed by atoms with van der Waals surface area (Å²) >= 11 is 0. The van der Waals surface area contributed by atoms with Crippen LogP contribution in [-0.2, 0) is 0 Å². The molecule has 0 aromatic carbocycles. The van der Waals surface area contributed by atoms with Crippen LogP contribution in [0.5, 0.6) is 0 Å². The predicted molar refractivity (Wildman–Crippen MR) is 74.0 cm³/mol. The quantitative estimate of drug-likeness (QED) is 0.822. The van der Waals surface area contributed by atoms with Crippen molar-refractivity contribution < 1.29 is 0 Å². The highest BCUT2D eigenvalue weighted by Gasteiger charge is 2.11. The Morgan fingerprint density at radius 3 is 2.89 bits per heavy atom. The Hall–Kier alpha value is -1.79. The third kappa shape index (κ3) is 2.91. The van der Waals surface area contributed by atoms with Gasteiger partial charge in [0.05, 0.1) is 11.7 Å². The second-order valence-corrected chi connectivity index (χ2v) is 5.49. The fraction of sp³-hybridized carbons (Fsp3) is 0.400. The van der Waals surface area contributed by atoms with Crippen molar-refractivity contribution in [3.8, 4) is 11.8 Å². The predicted octanol–water partition coefficient (Wildman–Crippen LogP) is 2.77. The SMILES string of the molecule is CC(C)(C)C#CCC(N)c1cnn2ccccc12. The molecule has 0 aliphatic carbocycles. The van der Waals surface area contributed by atoms with E-state index in [0.717, 1.165) is 11.1 Å². The molecule has 2 N–H and O–H groups in total. The normalized spacial score (nSPS) is 13.1. The molecule has 2 aromatic rings. The van der Waals surface area contributed by atoms with E-state index in [1.54, 1.807) is 0 Å². The van der Waals surface area contributed by atoms with Crippen molar-refractivity contribution >= 4 is 5.52 Å². The molecule has 0 amide bonds. The van der Waals surface area contributed by atoms with Gasteiger partial charge in [0.1, 0.15) is 0 Å². The first-order valence-electron chi connectivity index (χ1n) is 6.15. The molecule has 2 heterocycles. The van der Waals surface area contributed by atoms with Gasteiger partial charge in [-0.15, -0.1) is 5.92 Å². The Labute approximate surface area is 108 Å². The lowest BCUT2D eigenvalue weighted by Gasteiger charge is -2.09. The number of nitrogens with two attached hydrogens (primary N) is 1. The molecule has 3 heteroatoms. The molecule has 0 spiro atoms. The number of fused-ring (bicyclic) bond motifs is 1. The lowest BCUT2D eigenvalue weighted by Crippen LogP contribution is -2.09. The average Bonchev–Trinajstić information content (AvgIpc) is 2.70. The zero-order valence-corrected chi connectivity index (χ0v) is 11.1. The van der Waals surface area contributed by atoms with Gasteiger partial charge >= 0.3 is 0 Å². The van der Waals surface area contributed by atoms with Gasteiger partial charge in [-0.1, -0.05) is 12.0 Å². The molecule has 2 aromatic heterocycles. The number of pyridine rings is 1. The van der Waals surface area contributed by atoms with Gasteiger partial charge < -0.3 is 5.73 Å². The largest absolute Gasteiger partial charge is 0.323 e. The van der Waals surface area contributed by atoms with Gasteiger partial charge in [0.15, 0.2) is 0 Å². The van der Waals surface area contributed by atoms with Gasteiger partial charge in [0.25, 0.3) is 0 Å². The first kappa shape index (κ1) is 12.7. The Morgan fingerprint density at radius 2 is 2.17 bits per heavy atom. The molecule has 0 bridgehead atoms. The third-order valence-electron chi connectivity index (χ3n) is 2.64. The van der Waals surface area contributed by atoms with Crippen LogP contribution in [0.2, 0.25) is 0 Å². The Bertz CT molecular complexity index is 593. The molecule has 18 heavy (non-hydrogen) atoms.